The van der Waals surface area contributed by atoms with Gasteiger partial charge in [-0.2, -0.15) is 0 Å². The first-order valence-corrected chi connectivity index (χ1v) is 15.6. The van der Waals surface area contributed by atoms with Gasteiger partial charge in [-0.05, 0) is 61.7 Å². The lowest BCUT2D eigenvalue weighted by Gasteiger charge is -2.30. The Kier molecular flexibility index (Phi) is 4.99. The van der Waals surface area contributed by atoms with Gasteiger partial charge in [-0.3, -0.25) is 0 Å². The van der Waals surface area contributed by atoms with E-state index in [1.807, 2.05) is 0 Å². The van der Waals surface area contributed by atoms with Crippen LogP contribution in [0.3, 0.4) is 0 Å². The maximum Gasteiger partial charge on any atom is 0.0788 e. The van der Waals surface area contributed by atoms with E-state index in [2.05, 4.69) is 164 Å². The van der Waals surface area contributed by atoms with E-state index in [1.54, 1.807) is 0 Å². The first-order valence-electron chi connectivity index (χ1n) is 15.6. The summed E-state index contributed by atoms with van der Waals surface area (Å²) in [6.07, 6.45) is 0. The van der Waals surface area contributed by atoms with Gasteiger partial charge in [0.25, 0.3) is 0 Å². The number of fused-ring (bicyclic) bond motifs is 14. The highest BCUT2D eigenvalue weighted by Crippen LogP contribution is 2.64. The first-order chi connectivity index (χ1) is 22.3. The second-order valence-corrected chi connectivity index (χ2v) is 12.2. The first kappa shape index (κ1) is 24.6. The molecule has 0 saturated heterocycles. The standard InChI is InChI=1S/C44H27N/c1-2-12-28(13-3-1)29-22-24-30(25-23-29)43-35-26-27-39-42(41(35)34-17-7-11-21-40(34)45-43)33-16-6-10-20-38(33)44(39)36-18-8-4-14-31(36)32-15-5-9-19-37(32)44/h1-27H. The summed E-state index contributed by atoms with van der Waals surface area (Å²) in [7, 11) is 0. The van der Waals surface area contributed by atoms with Gasteiger partial charge in [0.1, 0.15) is 0 Å². The Bertz CT molecular complexity index is 2420. The Balaban J connectivity index is 1.32. The van der Waals surface area contributed by atoms with E-state index in [0.717, 1.165) is 16.8 Å². The van der Waals surface area contributed by atoms with Gasteiger partial charge in [-0.25, -0.2) is 4.98 Å². The highest BCUT2D eigenvalue weighted by Gasteiger charge is 2.52. The Morgan fingerprint density at radius 3 is 1.60 bits per heavy atom. The number of benzene rings is 7. The van der Waals surface area contributed by atoms with Crippen molar-refractivity contribution in [2.75, 3.05) is 0 Å². The van der Waals surface area contributed by atoms with Crippen LogP contribution in [0.2, 0.25) is 0 Å². The molecule has 0 unspecified atom stereocenters. The third-order valence-corrected chi connectivity index (χ3v) is 10.1. The van der Waals surface area contributed by atoms with Crippen LogP contribution in [0.15, 0.2) is 164 Å². The van der Waals surface area contributed by atoms with E-state index in [9.17, 15) is 0 Å². The molecule has 1 heterocycles. The highest BCUT2D eigenvalue weighted by atomic mass is 14.7. The molecule has 0 amide bonds. The van der Waals surface area contributed by atoms with Gasteiger partial charge >= 0.3 is 0 Å². The van der Waals surface area contributed by atoms with Gasteiger partial charge in [-0.1, -0.05) is 158 Å². The van der Waals surface area contributed by atoms with Crippen molar-refractivity contribution in [3.8, 4) is 44.6 Å². The topological polar surface area (TPSA) is 12.9 Å². The Hall–Kier alpha value is -5.79. The van der Waals surface area contributed by atoms with Crippen molar-refractivity contribution < 1.29 is 0 Å². The van der Waals surface area contributed by atoms with E-state index >= 15 is 0 Å². The number of para-hydroxylation sites is 1. The van der Waals surface area contributed by atoms with Crippen LogP contribution in [0.1, 0.15) is 22.3 Å². The minimum absolute atomic E-state index is 0.366. The molecule has 45 heavy (non-hydrogen) atoms. The van der Waals surface area contributed by atoms with Crippen molar-refractivity contribution >= 4 is 21.7 Å². The fourth-order valence-electron chi connectivity index (χ4n) is 8.30. The quantitative estimate of drug-likeness (QED) is 0.189. The predicted molar refractivity (Wildman–Crippen MR) is 186 cm³/mol. The van der Waals surface area contributed by atoms with E-state index in [1.165, 1.54) is 71.8 Å². The van der Waals surface area contributed by atoms with Gasteiger partial charge in [-0.15, -0.1) is 0 Å². The zero-order chi connectivity index (χ0) is 29.5. The van der Waals surface area contributed by atoms with E-state index in [-0.39, 0.29) is 5.41 Å². The molecule has 0 N–H and O–H groups in total. The maximum atomic E-state index is 5.32. The summed E-state index contributed by atoms with van der Waals surface area (Å²) in [4.78, 5) is 5.32. The van der Waals surface area contributed by atoms with Crippen LogP contribution >= 0.6 is 0 Å². The SMILES string of the molecule is c1ccc(-c2ccc(-c3nc4ccccc4c4c5c(ccc34)C3(c4ccccc4-c4ccccc43)c3ccccc3-5)cc2)cc1. The monoisotopic (exact) mass is 569 g/mol. The number of pyridine rings is 1. The van der Waals surface area contributed by atoms with Crippen LogP contribution in [0.4, 0.5) is 0 Å². The van der Waals surface area contributed by atoms with Crippen LogP contribution in [0.5, 0.6) is 0 Å². The third kappa shape index (κ3) is 3.20. The normalized spacial score (nSPS) is 13.5. The van der Waals surface area contributed by atoms with E-state index in [4.69, 9.17) is 4.98 Å². The third-order valence-electron chi connectivity index (χ3n) is 10.1. The number of rotatable bonds is 2. The molecule has 2 aliphatic carbocycles. The lowest BCUT2D eigenvalue weighted by atomic mass is 9.70. The minimum Gasteiger partial charge on any atom is -0.247 e. The Morgan fingerprint density at radius 1 is 0.356 bits per heavy atom. The molecule has 0 aliphatic heterocycles. The molecule has 1 heteroatoms. The number of aromatic nitrogens is 1. The largest absolute Gasteiger partial charge is 0.247 e. The van der Waals surface area contributed by atoms with Crippen molar-refractivity contribution in [2.45, 2.75) is 5.41 Å². The summed E-state index contributed by atoms with van der Waals surface area (Å²) in [5.74, 6) is 0. The van der Waals surface area contributed by atoms with Gasteiger partial charge in [0.05, 0.1) is 16.6 Å². The van der Waals surface area contributed by atoms with Crippen molar-refractivity contribution in [1.29, 1.82) is 0 Å². The molecule has 0 fully saturated rings. The molecule has 8 aromatic rings. The van der Waals surface area contributed by atoms with Crippen molar-refractivity contribution in [1.82, 2.24) is 4.98 Å². The molecule has 2 aliphatic rings. The molecule has 10 rings (SSSR count). The summed E-state index contributed by atoms with van der Waals surface area (Å²) in [5.41, 5.74) is 16.0. The van der Waals surface area contributed by atoms with Crippen molar-refractivity contribution in [3.63, 3.8) is 0 Å². The fourth-order valence-corrected chi connectivity index (χ4v) is 8.30. The van der Waals surface area contributed by atoms with Gasteiger partial charge < -0.3 is 0 Å². The summed E-state index contributed by atoms with van der Waals surface area (Å²) in [6.45, 7) is 0. The second-order valence-electron chi connectivity index (χ2n) is 12.2. The molecule has 1 nitrogen and oxygen atoms in total. The zero-order valence-electron chi connectivity index (χ0n) is 24.5. The molecule has 0 saturated carbocycles. The number of hydrogen-bond donors (Lipinski definition) is 0. The predicted octanol–water partition coefficient (Wildman–Crippen LogP) is 11.1. The van der Waals surface area contributed by atoms with Crippen molar-refractivity contribution in [2.24, 2.45) is 0 Å². The van der Waals surface area contributed by atoms with Crippen LogP contribution in [0.25, 0.3) is 66.3 Å². The van der Waals surface area contributed by atoms with Crippen LogP contribution in [-0.4, -0.2) is 4.98 Å². The summed E-state index contributed by atoms with van der Waals surface area (Å²) in [6, 6.07) is 59.9. The molecule has 1 aromatic heterocycles. The summed E-state index contributed by atoms with van der Waals surface area (Å²) in [5, 5.41) is 3.66. The van der Waals surface area contributed by atoms with E-state index in [0.29, 0.717) is 0 Å². The summed E-state index contributed by atoms with van der Waals surface area (Å²) >= 11 is 0. The Morgan fingerprint density at radius 2 is 0.889 bits per heavy atom. The molecule has 1 spiro atoms. The average Bonchev–Trinajstić information content (AvgIpc) is 3.59. The van der Waals surface area contributed by atoms with Crippen LogP contribution < -0.4 is 0 Å². The molecule has 0 atom stereocenters. The van der Waals surface area contributed by atoms with Crippen LogP contribution in [-0.2, 0) is 5.41 Å². The zero-order valence-corrected chi connectivity index (χ0v) is 24.5. The van der Waals surface area contributed by atoms with Gasteiger partial charge in [0, 0.05) is 21.7 Å². The smallest absolute Gasteiger partial charge is 0.0788 e. The lowest BCUT2D eigenvalue weighted by molar-refractivity contribution is 0.794. The average molecular weight is 570 g/mol. The van der Waals surface area contributed by atoms with Gasteiger partial charge in [0.15, 0.2) is 0 Å². The molecule has 0 radical (unpaired) electrons. The molecule has 208 valence electrons. The molecule has 0 bridgehead atoms. The Labute approximate surface area is 262 Å². The minimum atomic E-state index is -0.366. The fraction of sp³-hybridized carbons (Fsp3) is 0.0227. The molecule has 7 aromatic carbocycles. The second kappa shape index (κ2) is 9.11. The van der Waals surface area contributed by atoms with Gasteiger partial charge in [0.2, 0.25) is 0 Å². The highest BCUT2D eigenvalue weighted by molar-refractivity contribution is 6.20. The van der Waals surface area contributed by atoms with Crippen molar-refractivity contribution in [3.05, 3.63) is 186 Å². The maximum absolute atomic E-state index is 5.32. The molecular weight excluding hydrogens is 542 g/mol. The number of nitrogens with zero attached hydrogens (tertiary/aromatic N) is 1. The number of hydrogen-bond acceptors (Lipinski definition) is 1. The van der Waals surface area contributed by atoms with Crippen LogP contribution in [0, 0.1) is 0 Å². The lowest BCUT2D eigenvalue weighted by Crippen LogP contribution is -2.25. The summed E-state index contributed by atoms with van der Waals surface area (Å²) < 4.78 is 0. The molecular formula is C44H27N. The van der Waals surface area contributed by atoms with E-state index < -0.39 is 0 Å².